The molecule has 1 fully saturated rings. The van der Waals surface area contributed by atoms with Crippen molar-refractivity contribution in [2.75, 3.05) is 13.3 Å². The van der Waals surface area contributed by atoms with Crippen LogP contribution in [0.25, 0.3) is 0 Å². The molecule has 0 aromatic heterocycles. The summed E-state index contributed by atoms with van der Waals surface area (Å²) in [5, 5.41) is 0. The van der Waals surface area contributed by atoms with Crippen molar-refractivity contribution in [1.29, 1.82) is 0 Å². The minimum atomic E-state index is -0.879. The van der Waals surface area contributed by atoms with Gasteiger partial charge in [0.05, 0.1) is 6.61 Å². The van der Waals surface area contributed by atoms with E-state index in [1.54, 1.807) is 11.0 Å². The number of carbonyl (C=O) groups is 2. The SMILES string of the molecule is C=C[C@@H](c1ccc2c(c1)OCO2)[C@H](OCc1ccccc1)C(=O)N1CCC[C@H]1C(=O)OC(C)(C)C. The standard InChI is InChI=1S/C28H33NO6/c1-5-21(20-13-14-23-24(16-20)34-18-33-23)25(32-17-19-10-7-6-8-11-19)26(30)29-15-9-12-22(29)27(31)35-28(2,3)4/h5-8,10-11,13-14,16,21-22,25H,1,9,12,15,17-18H2,2-4H3/t21-,22-,25-/m0/s1. The molecule has 1 amide bonds. The van der Waals surface area contributed by atoms with E-state index in [4.69, 9.17) is 18.9 Å². The van der Waals surface area contributed by atoms with Gasteiger partial charge in [-0.25, -0.2) is 4.79 Å². The Balaban J connectivity index is 1.62. The molecule has 2 heterocycles. The number of benzene rings is 2. The highest BCUT2D eigenvalue weighted by atomic mass is 16.7. The number of rotatable bonds is 8. The summed E-state index contributed by atoms with van der Waals surface area (Å²) in [5.41, 5.74) is 1.14. The molecule has 0 spiro atoms. The predicted molar refractivity (Wildman–Crippen MR) is 131 cm³/mol. The Kier molecular flexibility index (Phi) is 7.45. The van der Waals surface area contributed by atoms with E-state index in [2.05, 4.69) is 6.58 Å². The molecule has 0 N–H and O–H groups in total. The molecular weight excluding hydrogens is 446 g/mol. The number of esters is 1. The van der Waals surface area contributed by atoms with Gasteiger partial charge in [-0.2, -0.15) is 0 Å². The molecule has 7 heteroatoms. The monoisotopic (exact) mass is 479 g/mol. The third-order valence-corrected chi connectivity index (χ3v) is 6.09. The van der Waals surface area contributed by atoms with Gasteiger partial charge in [0.1, 0.15) is 17.7 Å². The molecule has 186 valence electrons. The molecule has 0 bridgehead atoms. The van der Waals surface area contributed by atoms with E-state index < -0.39 is 23.7 Å². The summed E-state index contributed by atoms with van der Waals surface area (Å²) >= 11 is 0. The van der Waals surface area contributed by atoms with E-state index in [-0.39, 0.29) is 25.3 Å². The lowest BCUT2D eigenvalue weighted by Crippen LogP contribution is -2.49. The van der Waals surface area contributed by atoms with Crippen LogP contribution < -0.4 is 9.47 Å². The van der Waals surface area contributed by atoms with Crippen molar-refractivity contribution >= 4 is 11.9 Å². The highest BCUT2D eigenvalue weighted by Gasteiger charge is 2.42. The van der Waals surface area contributed by atoms with Crippen LogP contribution in [-0.4, -0.2) is 47.9 Å². The van der Waals surface area contributed by atoms with Crippen molar-refractivity contribution in [2.45, 2.75) is 63.9 Å². The van der Waals surface area contributed by atoms with Gasteiger partial charge in [0.15, 0.2) is 11.5 Å². The van der Waals surface area contributed by atoms with E-state index in [1.165, 1.54) is 0 Å². The minimum absolute atomic E-state index is 0.162. The van der Waals surface area contributed by atoms with Gasteiger partial charge in [-0.1, -0.05) is 42.5 Å². The van der Waals surface area contributed by atoms with Crippen LogP contribution in [0.4, 0.5) is 0 Å². The zero-order chi connectivity index (χ0) is 25.0. The van der Waals surface area contributed by atoms with E-state index >= 15 is 0 Å². The molecule has 1 saturated heterocycles. The highest BCUT2D eigenvalue weighted by molar-refractivity contribution is 5.88. The number of hydrogen-bond donors (Lipinski definition) is 0. The fraction of sp³-hybridized carbons (Fsp3) is 0.429. The van der Waals surface area contributed by atoms with Crippen LogP contribution in [0, 0.1) is 0 Å². The van der Waals surface area contributed by atoms with Gasteiger partial charge in [-0.05, 0) is 56.9 Å². The second kappa shape index (κ2) is 10.5. The fourth-order valence-electron chi connectivity index (χ4n) is 4.45. The summed E-state index contributed by atoms with van der Waals surface area (Å²) in [7, 11) is 0. The van der Waals surface area contributed by atoms with E-state index in [0.29, 0.717) is 24.5 Å². The minimum Gasteiger partial charge on any atom is -0.458 e. The van der Waals surface area contributed by atoms with Gasteiger partial charge in [0.25, 0.3) is 5.91 Å². The lowest BCUT2D eigenvalue weighted by molar-refractivity contribution is -0.166. The van der Waals surface area contributed by atoms with Crippen molar-refractivity contribution in [2.24, 2.45) is 0 Å². The Morgan fingerprint density at radius 2 is 1.89 bits per heavy atom. The summed E-state index contributed by atoms with van der Waals surface area (Å²) < 4.78 is 22.9. The number of carbonyl (C=O) groups excluding carboxylic acids is 2. The second-order valence-corrected chi connectivity index (χ2v) is 9.81. The molecule has 3 atom stereocenters. The van der Waals surface area contributed by atoms with Crippen LogP contribution in [0.3, 0.4) is 0 Å². The smallest absolute Gasteiger partial charge is 0.329 e. The van der Waals surface area contributed by atoms with Crippen LogP contribution in [0.1, 0.15) is 50.7 Å². The van der Waals surface area contributed by atoms with Gasteiger partial charge >= 0.3 is 5.97 Å². The first-order valence-corrected chi connectivity index (χ1v) is 12.0. The molecule has 4 rings (SSSR count). The van der Waals surface area contributed by atoms with Gasteiger partial charge < -0.3 is 23.8 Å². The van der Waals surface area contributed by atoms with Crippen LogP contribution in [0.15, 0.2) is 61.2 Å². The number of likely N-dealkylation sites (tertiary alicyclic amines) is 1. The van der Waals surface area contributed by atoms with Crippen molar-refractivity contribution in [3.63, 3.8) is 0 Å². The fourth-order valence-corrected chi connectivity index (χ4v) is 4.45. The van der Waals surface area contributed by atoms with Crippen molar-refractivity contribution in [1.82, 2.24) is 4.90 Å². The quantitative estimate of drug-likeness (QED) is 0.407. The topological polar surface area (TPSA) is 74.3 Å². The molecule has 0 unspecified atom stereocenters. The zero-order valence-corrected chi connectivity index (χ0v) is 20.6. The summed E-state index contributed by atoms with van der Waals surface area (Å²) in [4.78, 5) is 28.5. The van der Waals surface area contributed by atoms with Gasteiger partial charge in [-0.15, -0.1) is 6.58 Å². The predicted octanol–water partition coefficient (Wildman–Crippen LogP) is 4.60. The molecule has 0 saturated carbocycles. The largest absolute Gasteiger partial charge is 0.458 e. The number of ether oxygens (including phenoxy) is 4. The molecule has 2 aromatic rings. The average molecular weight is 480 g/mol. The maximum absolute atomic E-state index is 13.9. The van der Waals surface area contributed by atoms with Crippen molar-refractivity contribution in [3.8, 4) is 11.5 Å². The van der Waals surface area contributed by atoms with Crippen LogP contribution in [-0.2, 0) is 25.7 Å². The second-order valence-electron chi connectivity index (χ2n) is 9.81. The molecule has 35 heavy (non-hydrogen) atoms. The number of hydrogen-bond acceptors (Lipinski definition) is 6. The lowest BCUT2D eigenvalue weighted by atomic mass is 9.91. The van der Waals surface area contributed by atoms with Crippen LogP contribution in [0.5, 0.6) is 11.5 Å². The maximum Gasteiger partial charge on any atom is 0.329 e. The van der Waals surface area contributed by atoms with E-state index in [0.717, 1.165) is 17.5 Å². The summed E-state index contributed by atoms with van der Waals surface area (Å²) in [6, 6.07) is 14.6. The lowest BCUT2D eigenvalue weighted by Gasteiger charge is -2.32. The van der Waals surface area contributed by atoms with Gasteiger partial charge in [-0.3, -0.25) is 4.79 Å². The number of amides is 1. The number of nitrogens with zero attached hydrogens (tertiary/aromatic N) is 1. The Morgan fingerprint density at radius 3 is 2.60 bits per heavy atom. The Bertz CT molecular complexity index is 1060. The van der Waals surface area contributed by atoms with Crippen LogP contribution in [0.2, 0.25) is 0 Å². The van der Waals surface area contributed by atoms with Crippen LogP contribution >= 0.6 is 0 Å². The van der Waals surface area contributed by atoms with E-state index in [1.807, 2.05) is 69.3 Å². The van der Waals surface area contributed by atoms with E-state index in [9.17, 15) is 9.59 Å². The normalized spacial score (nSPS) is 18.7. The van der Waals surface area contributed by atoms with Crippen molar-refractivity contribution < 1.29 is 28.5 Å². The zero-order valence-electron chi connectivity index (χ0n) is 20.6. The van der Waals surface area contributed by atoms with Gasteiger partial charge in [0, 0.05) is 12.5 Å². The third-order valence-electron chi connectivity index (χ3n) is 6.09. The Morgan fingerprint density at radius 1 is 1.14 bits per heavy atom. The summed E-state index contributed by atoms with van der Waals surface area (Å²) in [6.45, 7) is 10.4. The third kappa shape index (κ3) is 5.85. The molecular formula is C28H33NO6. The van der Waals surface area contributed by atoms with Crippen molar-refractivity contribution in [3.05, 3.63) is 72.3 Å². The maximum atomic E-state index is 13.9. The molecule has 2 aromatic carbocycles. The summed E-state index contributed by atoms with van der Waals surface area (Å²) in [6.07, 6.45) is 2.12. The summed E-state index contributed by atoms with van der Waals surface area (Å²) in [5.74, 6) is 0.187. The molecule has 2 aliphatic rings. The van der Waals surface area contributed by atoms with Gasteiger partial charge in [0.2, 0.25) is 6.79 Å². The average Bonchev–Trinajstić information content (AvgIpc) is 3.50. The molecule has 7 nitrogen and oxygen atoms in total. The first-order chi connectivity index (χ1) is 16.8. The first-order valence-electron chi connectivity index (χ1n) is 12.0. The number of fused-ring (bicyclic) bond motifs is 1. The molecule has 0 aliphatic carbocycles. The first kappa shape index (κ1) is 24.8. The Labute approximate surface area is 206 Å². The molecule has 0 radical (unpaired) electrons. The Hall–Kier alpha value is -3.32. The molecule has 2 aliphatic heterocycles. The highest BCUT2D eigenvalue weighted by Crippen LogP contribution is 2.37.